The third-order valence-corrected chi connectivity index (χ3v) is 5.27. The average Bonchev–Trinajstić information content (AvgIpc) is 3.19. The molecule has 0 amide bonds. The van der Waals surface area contributed by atoms with Crippen molar-refractivity contribution in [3.05, 3.63) is 86.6 Å². The molecule has 0 spiro atoms. The van der Waals surface area contributed by atoms with Crippen LogP contribution < -0.4 is 21.4 Å². The number of benzene rings is 2. The lowest BCUT2D eigenvalue weighted by Crippen LogP contribution is -2.29. The summed E-state index contributed by atoms with van der Waals surface area (Å²) in [5.41, 5.74) is 4.69. The van der Waals surface area contributed by atoms with E-state index in [0.717, 1.165) is 24.2 Å². The van der Waals surface area contributed by atoms with Crippen LogP contribution in [-0.2, 0) is 20.0 Å². The van der Waals surface area contributed by atoms with E-state index in [4.69, 9.17) is 4.74 Å². The number of anilines is 1. The molecule has 2 aromatic carbocycles. The molecule has 0 fully saturated rings. The maximum atomic E-state index is 12.6. The number of fused-ring (bicyclic) bond motifs is 1. The minimum Gasteiger partial charge on any atom is -0.494 e. The van der Waals surface area contributed by atoms with Crippen molar-refractivity contribution in [1.29, 1.82) is 0 Å². The van der Waals surface area contributed by atoms with Crippen LogP contribution in [0.1, 0.15) is 24.5 Å². The highest BCUT2D eigenvalue weighted by atomic mass is 16.5. The first-order chi connectivity index (χ1) is 16.1. The Bertz CT molecular complexity index is 1370. The minimum atomic E-state index is -0.508. The number of nitrogens with zero attached hydrogens (tertiary/aromatic N) is 4. The molecule has 0 atom stereocenters. The van der Waals surface area contributed by atoms with Crippen LogP contribution in [0.2, 0.25) is 0 Å². The highest BCUT2D eigenvalue weighted by molar-refractivity contribution is 5.80. The molecule has 2 N–H and O–H groups in total. The van der Waals surface area contributed by atoms with Gasteiger partial charge >= 0.3 is 5.69 Å². The molecule has 0 saturated heterocycles. The molecule has 2 heterocycles. The topological polar surface area (TPSA) is 106 Å². The molecule has 0 aliphatic rings. The lowest BCUT2D eigenvalue weighted by Gasteiger charge is -2.08. The van der Waals surface area contributed by atoms with Crippen LogP contribution in [0.5, 0.6) is 5.75 Å². The first kappa shape index (κ1) is 22.1. The molecule has 4 aromatic rings. The number of hydrogen-bond acceptors (Lipinski definition) is 6. The number of rotatable bonds is 9. The second kappa shape index (κ2) is 9.99. The van der Waals surface area contributed by atoms with E-state index in [1.165, 1.54) is 10.1 Å². The van der Waals surface area contributed by atoms with Gasteiger partial charge in [-0.25, -0.2) is 10.2 Å². The number of aromatic amines is 1. The Labute approximate surface area is 190 Å². The standard InChI is InChI=1S/C24H26N6O3/c1-3-33-19-13-11-18(12-14-19)16-25-28-23-26-21-20(22(31)27-24(32)29(21)2)30(23)15-7-10-17-8-5-4-6-9-17/h4-6,8-9,11-14,16H,3,7,10,15H2,1-2H3,(H,26,28)(H,27,31,32)/b25-16-. The van der Waals surface area contributed by atoms with Gasteiger partial charge in [-0.3, -0.25) is 14.3 Å². The van der Waals surface area contributed by atoms with Crippen LogP contribution in [0.15, 0.2) is 69.3 Å². The number of imidazole rings is 1. The average molecular weight is 447 g/mol. The maximum absolute atomic E-state index is 12.6. The molecular weight excluding hydrogens is 420 g/mol. The number of hydrogen-bond donors (Lipinski definition) is 2. The van der Waals surface area contributed by atoms with Crippen molar-refractivity contribution in [2.45, 2.75) is 26.3 Å². The predicted molar refractivity (Wildman–Crippen MR) is 129 cm³/mol. The van der Waals surface area contributed by atoms with Crippen LogP contribution in [0.4, 0.5) is 5.95 Å². The van der Waals surface area contributed by atoms with Gasteiger partial charge in [0.1, 0.15) is 5.75 Å². The predicted octanol–water partition coefficient (Wildman–Crippen LogP) is 2.90. The van der Waals surface area contributed by atoms with E-state index in [1.54, 1.807) is 17.8 Å². The summed E-state index contributed by atoms with van der Waals surface area (Å²) >= 11 is 0. The Hall–Kier alpha value is -4.14. The first-order valence-electron chi connectivity index (χ1n) is 10.8. The van der Waals surface area contributed by atoms with Gasteiger partial charge in [-0.2, -0.15) is 10.1 Å². The molecule has 170 valence electrons. The molecule has 0 saturated carbocycles. The Morgan fingerprint density at radius 2 is 1.88 bits per heavy atom. The van der Waals surface area contributed by atoms with Gasteiger partial charge in [-0.1, -0.05) is 30.3 Å². The zero-order valence-corrected chi connectivity index (χ0v) is 18.6. The number of nitrogens with one attached hydrogen (secondary N) is 2. The normalized spacial score (nSPS) is 11.3. The van der Waals surface area contributed by atoms with E-state index in [-0.39, 0.29) is 0 Å². The monoisotopic (exact) mass is 446 g/mol. The van der Waals surface area contributed by atoms with Crippen LogP contribution in [0.25, 0.3) is 11.2 Å². The van der Waals surface area contributed by atoms with Crippen LogP contribution in [-0.4, -0.2) is 31.9 Å². The highest BCUT2D eigenvalue weighted by Gasteiger charge is 2.17. The van der Waals surface area contributed by atoms with Crippen molar-refractivity contribution in [1.82, 2.24) is 19.1 Å². The van der Waals surface area contributed by atoms with Crippen LogP contribution in [0, 0.1) is 0 Å². The fraction of sp³-hybridized carbons (Fsp3) is 0.250. The second-order valence-corrected chi connectivity index (χ2v) is 7.54. The number of hydrazone groups is 1. The molecule has 33 heavy (non-hydrogen) atoms. The van der Waals surface area contributed by atoms with Gasteiger partial charge in [0.15, 0.2) is 11.2 Å². The van der Waals surface area contributed by atoms with Crippen molar-refractivity contribution in [3.63, 3.8) is 0 Å². The summed E-state index contributed by atoms with van der Waals surface area (Å²) in [6.07, 6.45) is 3.29. The summed E-state index contributed by atoms with van der Waals surface area (Å²) in [4.78, 5) is 31.5. The number of aryl methyl sites for hydroxylation is 3. The van der Waals surface area contributed by atoms with Gasteiger partial charge in [-0.05, 0) is 55.2 Å². The largest absolute Gasteiger partial charge is 0.494 e. The SMILES string of the molecule is CCOc1ccc(/C=N\Nc2nc3c(c(=O)[nH]c(=O)n3C)n2CCCc2ccccc2)cc1. The number of aromatic nitrogens is 4. The van der Waals surface area contributed by atoms with Crippen LogP contribution >= 0.6 is 0 Å². The third kappa shape index (κ3) is 5.03. The summed E-state index contributed by atoms with van der Waals surface area (Å²) in [5, 5.41) is 4.29. The van der Waals surface area contributed by atoms with E-state index in [9.17, 15) is 9.59 Å². The Kier molecular flexibility index (Phi) is 6.68. The van der Waals surface area contributed by atoms with Gasteiger partial charge in [0.05, 0.1) is 12.8 Å². The molecule has 9 heteroatoms. The highest BCUT2D eigenvalue weighted by Crippen LogP contribution is 2.17. The summed E-state index contributed by atoms with van der Waals surface area (Å²) in [6, 6.07) is 17.7. The molecule has 0 aliphatic heterocycles. The van der Waals surface area contributed by atoms with E-state index < -0.39 is 11.2 Å². The summed E-state index contributed by atoms with van der Waals surface area (Å²) < 4.78 is 8.55. The lowest BCUT2D eigenvalue weighted by molar-refractivity contribution is 0.340. The Morgan fingerprint density at radius 1 is 1.12 bits per heavy atom. The van der Waals surface area contributed by atoms with E-state index in [0.29, 0.717) is 30.3 Å². The van der Waals surface area contributed by atoms with Gasteiger partial charge in [0.25, 0.3) is 5.56 Å². The number of H-pyrrole nitrogens is 1. The number of ether oxygens (including phenoxy) is 1. The van der Waals surface area contributed by atoms with Crippen molar-refractivity contribution in [2.24, 2.45) is 12.1 Å². The molecule has 9 nitrogen and oxygen atoms in total. The van der Waals surface area contributed by atoms with Gasteiger partial charge < -0.3 is 9.30 Å². The zero-order valence-electron chi connectivity index (χ0n) is 18.6. The lowest BCUT2D eigenvalue weighted by atomic mass is 10.1. The first-order valence-corrected chi connectivity index (χ1v) is 10.8. The zero-order chi connectivity index (χ0) is 23.2. The molecule has 4 rings (SSSR count). The molecule has 0 aliphatic carbocycles. The molecule has 2 aromatic heterocycles. The van der Waals surface area contributed by atoms with E-state index in [2.05, 4.69) is 32.6 Å². The van der Waals surface area contributed by atoms with Crippen molar-refractivity contribution >= 4 is 23.3 Å². The van der Waals surface area contributed by atoms with Crippen molar-refractivity contribution in [3.8, 4) is 5.75 Å². The Morgan fingerprint density at radius 3 is 2.61 bits per heavy atom. The summed E-state index contributed by atoms with van der Waals surface area (Å²) in [7, 11) is 1.58. The van der Waals surface area contributed by atoms with Crippen LogP contribution in [0.3, 0.4) is 0 Å². The molecule has 0 radical (unpaired) electrons. The molecular formula is C24H26N6O3. The van der Waals surface area contributed by atoms with Crippen molar-refractivity contribution in [2.75, 3.05) is 12.0 Å². The quantitative estimate of drug-likeness (QED) is 0.304. The van der Waals surface area contributed by atoms with Gasteiger partial charge in [0.2, 0.25) is 5.95 Å². The third-order valence-electron chi connectivity index (χ3n) is 5.27. The molecule has 0 unspecified atom stereocenters. The minimum absolute atomic E-state index is 0.308. The Balaban J connectivity index is 1.59. The fourth-order valence-electron chi connectivity index (χ4n) is 3.60. The van der Waals surface area contributed by atoms with Gasteiger partial charge in [0, 0.05) is 13.6 Å². The fourth-order valence-corrected chi connectivity index (χ4v) is 3.60. The maximum Gasteiger partial charge on any atom is 0.329 e. The van der Waals surface area contributed by atoms with E-state index >= 15 is 0 Å². The molecule has 0 bridgehead atoms. The van der Waals surface area contributed by atoms with E-state index in [1.807, 2.05) is 49.4 Å². The smallest absolute Gasteiger partial charge is 0.329 e. The summed E-state index contributed by atoms with van der Waals surface area (Å²) in [6.45, 7) is 3.08. The summed E-state index contributed by atoms with van der Waals surface area (Å²) in [5.74, 6) is 1.19. The van der Waals surface area contributed by atoms with Gasteiger partial charge in [-0.15, -0.1) is 0 Å². The van der Waals surface area contributed by atoms with Crippen molar-refractivity contribution < 1.29 is 4.74 Å². The second-order valence-electron chi connectivity index (χ2n) is 7.54.